The number of carbonyl (C=O) groups excluding carboxylic acids is 1. The third-order valence-electron chi connectivity index (χ3n) is 3.57. The van der Waals surface area contributed by atoms with Gasteiger partial charge >= 0.3 is 6.09 Å². The molecule has 0 aromatic carbocycles. The fraction of sp³-hybridized carbons (Fsp3) is 0.900. The molecule has 4 heteroatoms. The summed E-state index contributed by atoms with van der Waals surface area (Å²) in [5.74, 6) is 0.564. The van der Waals surface area contributed by atoms with E-state index in [0.717, 1.165) is 13.0 Å². The van der Waals surface area contributed by atoms with Crippen molar-refractivity contribution in [2.24, 2.45) is 5.92 Å². The Bertz CT molecular complexity index is 268. The van der Waals surface area contributed by atoms with Gasteiger partial charge in [-0.15, -0.1) is 0 Å². The van der Waals surface area contributed by atoms with Gasteiger partial charge in [-0.2, -0.15) is 0 Å². The van der Waals surface area contributed by atoms with Crippen LogP contribution >= 0.6 is 0 Å². The van der Waals surface area contributed by atoms with Gasteiger partial charge in [-0.25, -0.2) is 4.79 Å². The minimum atomic E-state index is -0.156. The third kappa shape index (κ3) is 1.06. The van der Waals surface area contributed by atoms with Gasteiger partial charge in [-0.3, -0.25) is 0 Å². The van der Waals surface area contributed by atoms with Crippen molar-refractivity contribution in [2.75, 3.05) is 13.2 Å². The van der Waals surface area contributed by atoms with Crippen LogP contribution in [0.25, 0.3) is 0 Å². The van der Waals surface area contributed by atoms with Crippen LogP contribution in [-0.4, -0.2) is 42.4 Å². The predicted molar refractivity (Wildman–Crippen MR) is 48.9 cm³/mol. The lowest BCUT2D eigenvalue weighted by atomic mass is 9.80. The van der Waals surface area contributed by atoms with Crippen molar-refractivity contribution in [1.82, 2.24) is 4.90 Å². The lowest BCUT2D eigenvalue weighted by molar-refractivity contribution is 0.0459. The molecule has 78 valence electrons. The minimum Gasteiger partial charge on any atom is -0.450 e. The molecule has 4 aliphatic rings. The van der Waals surface area contributed by atoms with Crippen LogP contribution in [0.1, 0.15) is 19.8 Å². The van der Waals surface area contributed by atoms with E-state index >= 15 is 0 Å². The molecule has 3 heterocycles. The number of nitrogens with zero attached hydrogens (tertiary/aromatic N) is 1. The highest BCUT2D eigenvalue weighted by Crippen LogP contribution is 2.47. The van der Waals surface area contributed by atoms with E-state index in [1.807, 2.05) is 11.8 Å². The zero-order valence-electron chi connectivity index (χ0n) is 8.31. The highest BCUT2D eigenvalue weighted by molar-refractivity contribution is 5.68. The molecule has 1 saturated carbocycles. The van der Waals surface area contributed by atoms with Gasteiger partial charge in [0.1, 0.15) is 6.10 Å². The van der Waals surface area contributed by atoms with Crippen LogP contribution in [0.5, 0.6) is 0 Å². The number of amides is 1. The van der Waals surface area contributed by atoms with Crippen LogP contribution < -0.4 is 0 Å². The SMILES string of the molecule is CCOC(=O)N1CC2CCC1[C@@H]1O[C@H]21. The van der Waals surface area contributed by atoms with E-state index in [1.54, 1.807) is 0 Å². The quantitative estimate of drug-likeness (QED) is 0.589. The van der Waals surface area contributed by atoms with Crippen molar-refractivity contribution in [1.29, 1.82) is 0 Å². The largest absolute Gasteiger partial charge is 0.450 e. The Morgan fingerprint density at radius 1 is 1.50 bits per heavy atom. The van der Waals surface area contributed by atoms with Crippen LogP contribution in [0.2, 0.25) is 0 Å². The molecule has 3 saturated heterocycles. The molecule has 4 rings (SSSR count). The van der Waals surface area contributed by atoms with E-state index in [9.17, 15) is 4.79 Å². The lowest BCUT2D eigenvalue weighted by Gasteiger charge is -2.41. The molecule has 4 atom stereocenters. The molecule has 0 spiro atoms. The fourth-order valence-electron chi connectivity index (χ4n) is 2.87. The Balaban J connectivity index is 1.73. The number of rotatable bonds is 1. The number of fused-ring (bicyclic) bond motifs is 2. The van der Waals surface area contributed by atoms with E-state index in [1.165, 1.54) is 6.42 Å². The number of hydrogen-bond acceptors (Lipinski definition) is 3. The van der Waals surface area contributed by atoms with E-state index < -0.39 is 0 Å². The molecule has 0 radical (unpaired) electrons. The maximum absolute atomic E-state index is 11.6. The number of carbonyl (C=O) groups is 1. The van der Waals surface area contributed by atoms with Crippen molar-refractivity contribution in [2.45, 2.75) is 38.0 Å². The summed E-state index contributed by atoms with van der Waals surface area (Å²) in [7, 11) is 0. The van der Waals surface area contributed by atoms with Crippen LogP contribution in [-0.2, 0) is 9.47 Å². The molecule has 4 fully saturated rings. The first kappa shape index (κ1) is 8.53. The highest BCUT2D eigenvalue weighted by Gasteiger charge is 2.60. The third-order valence-corrected chi connectivity index (χ3v) is 3.57. The maximum Gasteiger partial charge on any atom is 0.410 e. The number of hydrogen-bond donors (Lipinski definition) is 0. The molecule has 2 bridgehead atoms. The fourth-order valence-corrected chi connectivity index (χ4v) is 2.87. The highest BCUT2D eigenvalue weighted by atomic mass is 16.6. The van der Waals surface area contributed by atoms with Gasteiger partial charge in [0, 0.05) is 12.5 Å². The Morgan fingerprint density at radius 2 is 2.36 bits per heavy atom. The number of piperidine rings is 2. The summed E-state index contributed by atoms with van der Waals surface area (Å²) in [4.78, 5) is 13.5. The summed E-state index contributed by atoms with van der Waals surface area (Å²) in [5, 5.41) is 0. The standard InChI is InChI=1S/C10H15NO3/c1-2-13-10(12)11-5-6-3-4-7(11)9-8(6)14-9/h6-9H,2-5H2,1H3/t6?,7?,8-,9+/m1/s1. The average molecular weight is 197 g/mol. The summed E-state index contributed by atoms with van der Waals surface area (Å²) in [6, 6.07) is 0.295. The van der Waals surface area contributed by atoms with Crippen LogP contribution in [0.4, 0.5) is 4.79 Å². The predicted octanol–water partition coefficient (Wildman–Crippen LogP) is 1.00. The molecule has 0 aromatic heterocycles. The van der Waals surface area contributed by atoms with E-state index in [4.69, 9.17) is 9.47 Å². The molecule has 14 heavy (non-hydrogen) atoms. The van der Waals surface area contributed by atoms with E-state index in [0.29, 0.717) is 30.8 Å². The van der Waals surface area contributed by atoms with Gasteiger partial charge in [0.2, 0.25) is 0 Å². The van der Waals surface area contributed by atoms with Gasteiger partial charge in [-0.05, 0) is 19.8 Å². The minimum absolute atomic E-state index is 0.156. The summed E-state index contributed by atoms with van der Waals surface area (Å²) >= 11 is 0. The second-order valence-corrected chi connectivity index (χ2v) is 4.32. The van der Waals surface area contributed by atoms with Gasteiger partial charge in [0.05, 0.1) is 18.8 Å². The van der Waals surface area contributed by atoms with Gasteiger partial charge in [0.25, 0.3) is 0 Å². The summed E-state index contributed by atoms with van der Waals surface area (Å²) in [5.41, 5.74) is 0. The zero-order valence-corrected chi connectivity index (χ0v) is 8.31. The maximum atomic E-state index is 11.6. The molecular formula is C10H15NO3. The summed E-state index contributed by atoms with van der Waals surface area (Å²) in [6.45, 7) is 3.14. The summed E-state index contributed by atoms with van der Waals surface area (Å²) < 4.78 is 10.6. The van der Waals surface area contributed by atoms with Crippen molar-refractivity contribution >= 4 is 6.09 Å². The molecule has 2 unspecified atom stereocenters. The van der Waals surface area contributed by atoms with Crippen molar-refractivity contribution in [3.8, 4) is 0 Å². The topological polar surface area (TPSA) is 42.1 Å². The van der Waals surface area contributed by atoms with Gasteiger partial charge in [0.15, 0.2) is 0 Å². The first-order valence-electron chi connectivity index (χ1n) is 5.40. The van der Waals surface area contributed by atoms with Crippen molar-refractivity contribution < 1.29 is 14.3 Å². The molecule has 1 amide bonds. The van der Waals surface area contributed by atoms with Crippen LogP contribution in [0.15, 0.2) is 0 Å². The van der Waals surface area contributed by atoms with Crippen LogP contribution in [0, 0.1) is 5.92 Å². The van der Waals surface area contributed by atoms with E-state index in [-0.39, 0.29) is 6.09 Å². The smallest absolute Gasteiger partial charge is 0.410 e. The van der Waals surface area contributed by atoms with Crippen molar-refractivity contribution in [3.63, 3.8) is 0 Å². The Kier molecular flexibility index (Phi) is 1.74. The molecule has 0 N–H and O–H groups in total. The Hall–Kier alpha value is -0.770. The first-order chi connectivity index (χ1) is 6.81. The average Bonchev–Trinajstić information content (AvgIpc) is 2.99. The Labute approximate surface area is 83.2 Å². The van der Waals surface area contributed by atoms with Crippen LogP contribution in [0.3, 0.4) is 0 Å². The number of epoxide rings is 1. The molecule has 3 aliphatic heterocycles. The van der Waals surface area contributed by atoms with Crippen molar-refractivity contribution in [3.05, 3.63) is 0 Å². The number of ether oxygens (including phenoxy) is 2. The normalized spacial score (nSPS) is 43.4. The second-order valence-electron chi connectivity index (χ2n) is 4.32. The molecule has 4 nitrogen and oxygen atoms in total. The van der Waals surface area contributed by atoms with Gasteiger partial charge in [-0.1, -0.05) is 0 Å². The monoisotopic (exact) mass is 197 g/mol. The molecular weight excluding hydrogens is 182 g/mol. The summed E-state index contributed by atoms with van der Waals surface area (Å²) in [6.07, 6.45) is 2.93. The zero-order chi connectivity index (χ0) is 9.71. The Morgan fingerprint density at radius 3 is 3.07 bits per heavy atom. The van der Waals surface area contributed by atoms with E-state index in [2.05, 4.69) is 0 Å². The lowest BCUT2D eigenvalue weighted by Crippen LogP contribution is -2.55. The first-order valence-corrected chi connectivity index (χ1v) is 5.40. The molecule has 0 aromatic rings. The second kappa shape index (κ2) is 2.86. The van der Waals surface area contributed by atoms with Gasteiger partial charge < -0.3 is 14.4 Å². The molecule has 1 aliphatic carbocycles.